The van der Waals surface area contributed by atoms with Gasteiger partial charge in [0.15, 0.2) is 6.10 Å². The van der Waals surface area contributed by atoms with Crippen LogP contribution in [-0.4, -0.2) is 37.2 Å². The summed E-state index contributed by atoms with van der Waals surface area (Å²) in [6.07, 6.45) is 49.6. The molecular formula is C51H98O6. The Bertz CT molecular complexity index is 844. The van der Waals surface area contributed by atoms with Gasteiger partial charge in [0.1, 0.15) is 13.2 Å². The second-order valence-corrected chi connectivity index (χ2v) is 17.5. The van der Waals surface area contributed by atoms with E-state index in [-0.39, 0.29) is 31.1 Å². The topological polar surface area (TPSA) is 78.9 Å². The summed E-state index contributed by atoms with van der Waals surface area (Å²) >= 11 is 0. The summed E-state index contributed by atoms with van der Waals surface area (Å²) in [6.45, 7) is 6.64. The third-order valence-corrected chi connectivity index (χ3v) is 11.6. The lowest BCUT2D eigenvalue weighted by atomic mass is 10.0. The Balaban J connectivity index is 4.15. The molecular weight excluding hydrogens is 709 g/mol. The third-order valence-electron chi connectivity index (χ3n) is 11.6. The Morgan fingerprint density at radius 2 is 0.474 bits per heavy atom. The molecule has 0 aliphatic heterocycles. The molecule has 0 saturated heterocycles. The highest BCUT2D eigenvalue weighted by Crippen LogP contribution is 2.17. The lowest BCUT2D eigenvalue weighted by Crippen LogP contribution is -2.30. The highest BCUT2D eigenvalue weighted by Gasteiger charge is 2.19. The molecule has 0 radical (unpaired) electrons. The first-order chi connectivity index (χ1) is 28.0. The fraction of sp³-hybridized carbons (Fsp3) is 0.941. The molecule has 0 rings (SSSR count). The number of hydrogen-bond donors (Lipinski definition) is 0. The maximum Gasteiger partial charge on any atom is 0.306 e. The smallest absolute Gasteiger partial charge is 0.306 e. The van der Waals surface area contributed by atoms with E-state index in [9.17, 15) is 14.4 Å². The highest BCUT2D eigenvalue weighted by atomic mass is 16.6. The van der Waals surface area contributed by atoms with Gasteiger partial charge in [-0.1, -0.05) is 252 Å². The van der Waals surface area contributed by atoms with Crippen molar-refractivity contribution in [2.45, 2.75) is 297 Å². The summed E-state index contributed by atoms with van der Waals surface area (Å²) in [5.41, 5.74) is 0. The summed E-state index contributed by atoms with van der Waals surface area (Å²) in [5, 5.41) is 0. The molecule has 0 aliphatic rings. The van der Waals surface area contributed by atoms with E-state index in [1.807, 2.05) is 0 Å². The molecule has 0 bridgehead atoms. The minimum Gasteiger partial charge on any atom is -0.462 e. The zero-order valence-electron chi connectivity index (χ0n) is 38.6. The standard InChI is InChI=1S/C51H98O6/c1-4-7-10-13-16-18-20-22-24-25-27-29-31-33-36-38-41-44-50(53)56-47-48(57-51(54)45-42-39-34-15-12-9-6-3)46-55-49(52)43-40-37-35-32-30-28-26-23-21-19-17-14-11-8-5-2/h48H,4-47H2,1-3H3/t48-/m0/s1. The van der Waals surface area contributed by atoms with Crippen molar-refractivity contribution in [2.24, 2.45) is 0 Å². The van der Waals surface area contributed by atoms with E-state index in [0.717, 1.165) is 57.8 Å². The molecule has 0 amide bonds. The van der Waals surface area contributed by atoms with Crippen molar-refractivity contribution in [3.8, 4) is 0 Å². The van der Waals surface area contributed by atoms with Crippen molar-refractivity contribution < 1.29 is 28.6 Å². The van der Waals surface area contributed by atoms with E-state index in [1.165, 1.54) is 193 Å². The number of ether oxygens (including phenoxy) is 3. The number of rotatable bonds is 47. The second kappa shape index (κ2) is 47.1. The lowest BCUT2D eigenvalue weighted by Gasteiger charge is -2.18. The predicted molar refractivity (Wildman–Crippen MR) is 243 cm³/mol. The molecule has 0 fully saturated rings. The van der Waals surface area contributed by atoms with Crippen LogP contribution in [0.2, 0.25) is 0 Å². The first kappa shape index (κ1) is 55.4. The van der Waals surface area contributed by atoms with Crippen LogP contribution in [0.4, 0.5) is 0 Å². The normalized spacial score (nSPS) is 11.8. The van der Waals surface area contributed by atoms with Gasteiger partial charge in [0.2, 0.25) is 0 Å². The van der Waals surface area contributed by atoms with Crippen LogP contribution in [0, 0.1) is 0 Å². The van der Waals surface area contributed by atoms with Crippen LogP contribution in [0.1, 0.15) is 290 Å². The molecule has 338 valence electrons. The number of carbonyl (C=O) groups excluding carboxylic acids is 3. The van der Waals surface area contributed by atoms with Crippen molar-refractivity contribution in [2.75, 3.05) is 13.2 Å². The maximum absolute atomic E-state index is 12.6. The van der Waals surface area contributed by atoms with Gasteiger partial charge in [0.25, 0.3) is 0 Å². The molecule has 0 spiro atoms. The molecule has 1 atom stereocenters. The van der Waals surface area contributed by atoms with Gasteiger partial charge in [-0.25, -0.2) is 0 Å². The van der Waals surface area contributed by atoms with Crippen LogP contribution in [0.3, 0.4) is 0 Å². The third kappa shape index (κ3) is 45.3. The Morgan fingerprint density at radius 1 is 0.281 bits per heavy atom. The first-order valence-corrected chi connectivity index (χ1v) is 25.5. The average Bonchev–Trinajstić information content (AvgIpc) is 3.21. The molecule has 0 heterocycles. The van der Waals surface area contributed by atoms with Crippen LogP contribution in [-0.2, 0) is 28.6 Å². The van der Waals surface area contributed by atoms with Gasteiger partial charge in [-0.15, -0.1) is 0 Å². The minimum absolute atomic E-state index is 0.0627. The minimum atomic E-state index is -0.758. The average molecular weight is 807 g/mol. The van der Waals surface area contributed by atoms with E-state index in [0.29, 0.717) is 19.3 Å². The summed E-state index contributed by atoms with van der Waals surface area (Å²) < 4.78 is 16.7. The van der Waals surface area contributed by atoms with Crippen LogP contribution in [0.15, 0.2) is 0 Å². The van der Waals surface area contributed by atoms with Gasteiger partial charge in [-0.3, -0.25) is 14.4 Å². The zero-order valence-corrected chi connectivity index (χ0v) is 38.6. The Hall–Kier alpha value is -1.59. The van der Waals surface area contributed by atoms with Crippen LogP contribution >= 0.6 is 0 Å². The van der Waals surface area contributed by atoms with Crippen LogP contribution in [0.5, 0.6) is 0 Å². The first-order valence-electron chi connectivity index (χ1n) is 25.5. The largest absolute Gasteiger partial charge is 0.462 e. The van der Waals surface area contributed by atoms with Crippen molar-refractivity contribution in [1.82, 2.24) is 0 Å². The van der Waals surface area contributed by atoms with E-state index in [1.54, 1.807) is 0 Å². The van der Waals surface area contributed by atoms with Gasteiger partial charge in [-0.2, -0.15) is 0 Å². The van der Waals surface area contributed by atoms with E-state index in [2.05, 4.69) is 20.8 Å². The number of hydrogen-bond acceptors (Lipinski definition) is 6. The summed E-state index contributed by atoms with van der Waals surface area (Å²) in [4.78, 5) is 37.7. The van der Waals surface area contributed by atoms with Crippen molar-refractivity contribution in [3.63, 3.8) is 0 Å². The van der Waals surface area contributed by atoms with E-state index >= 15 is 0 Å². The molecule has 6 nitrogen and oxygen atoms in total. The Labute approximate surface area is 355 Å². The van der Waals surface area contributed by atoms with Crippen molar-refractivity contribution >= 4 is 17.9 Å². The lowest BCUT2D eigenvalue weighted by molar-refractivity contribution is -0.167. The molecule has 0 aromatic heterocycles. The summed E-state index contributed by atoms with van der Waals surface area (Å²) in [7, 11) is 0. The quantitative estimate of drug-likeness (QED) is 0.0346. The van der Waals surface area contributed by atoms with Gasteiger partial charge in [0, 0.05) is 19.3 Å². The molecule has 0 unspecified atom stereocenters. The molecule has 0 aromatic carbocycles. The Kier molecular flexibility index (Phi) is 45.8. The SMILES string of the molecule is CCCCCCCCCCCCCCCCCCCC(=O)OC[C@H](COC(=O)CCCCCCCCCCCCCCCCC)OC(=O)CCCCCCCCC. The molecule has 57 heavy (non-hydrogen) atoms. The van der Waals surface area contributed by atoms with Gasteiger partial charge in [-0.05, 0) is 19.3 Å². The molecule has 0 aromatic rings. The van der Waals surface area contributed by atoms with Crippen molar-refractivity contribution in [1.29, 1.82) is 0 Å². The van der Waals surface area contributed by atoms with Crippen molar-refractivity contribution in [3.05, 3.63) is 0 Å². The number of esters is 3. The zero-order chi connectivity index (χ0) is 41.5. The predicted octanol–water partition coefficient (Wildman–Crippen LogP) is 16.4. The molecule has 0 aliphatic carbocycles. The fourth-order valence-electron chi connectivity index (χ4n) is 7.74. The molecule has 6 heteroatoms. The maximum atomic E-state index is 12.6. The number of carbonyl (C=O) groups is 3. The molecule has 0 saturated carbocycles. The Morgan fingerprint density at radius 3 is 0.702 bits per heavy atom. The van der Waals surface area contributed by atoms with Gasteiger partial charge >= 0.3 is 17.9 Å². The summed E-state index contributed by atoms with van der Waals surface area (Å²) in [5.74, 6) is -0.850. The fourth-order valence-corrected chi connectivity index (χ4v) is 7.74. The number of unbranched alkanes of at least 4 members (excludes halogenated alkanes) is 36. The summed E-state index contributed by atoms with van der Waals surface area (Å²) in [6, 6.07) is 0. The monoisotopic (exact) mass is 807 g/mol. The van der Waals surface area contributed by atoms with E-state index in [4.69, 9.17) is 14.2 Å². The highest BCUT2D eigenvalue weighted by molar-refractivity contribution is 5.71. The van der Waals surface area contributed by atoms with Gasteiger partial charge in [0.05, 0.1) is 0 Å². The van der Waals surface area contributed by atoms with Gasteiger partial charge < -0.3 is 14.2 Å². The molecule has 0 N–H and O–H groups in total. The van der Waals surface area contributed by atoms with Crippen LogP contribution in [0.25, 0.3) is 0 Å². The second-order valence-electron chi connectivity index (χ2n) is 17.5. The van der Waals surface area contributed by atoms with E-state index < -0.39 is 6.10 Å². The van der Waals surface area contributed by atoms with Crippen LogP contribution < -0.4 is 0 Å².